The van der Waals surface area contributed by atoms with Crippen molar-refractivity contribution in [3.63, 3.8) is 0 Å². The number of rotatable bonds is 9. The SMILES string of the molecule is CCC1(c2ccc(-c3ccccc3)cc2)c2ccccc2-c2c(-c3cccc(N(c4ccc(-c5cccc6ccccc56)cc4)c4ccc(-c5cccc6ccccc56)cc4)c3)cccc21. The van der Waals surface area contributed by atoms with Crippen molar-refractivity contribution < 1.29 is 0 Å². The Bertz CT molecular complexity index is 3420. The van der Waals surface area contributed by atoms with E-state index in [0.717, 1.165) is 23.5 Å². The Hall–Kier alpha value is -8.26. The summed E-state index contributed by atoms with van der Waals surface area (Å²) in [7, 11) is 0. The fraction of sp³-hybridized carbons (Fsp3) is 0.0462. The predicted octanol–water partition coefficient (Wildman–Crippen LogP) is 17.9. The maximum atomic E-state index is 2.41. The molecule has 1 heteroatoms. The lowest BCUT2D eigenvalue weighted by Crippen LogP contribution is -2.25. The lowest BCUT2D eigenvalue weighted by molar-refractivity contribution is 0.609. The molecule has 0 aliphatic heterocycles. The Labute approximate surface area is 387 Å². The van der Waals surface area contributed by atoms with Gasteiger partial charge < -0.3 is 4.90 Å². The van der Waals surface area contributed by atoms with Gasteiger partial charge in [-0.2, -0.15) is 0 Å². The molecule has 0 fully saturated rings. The Morgan fingerprint density at radius 3 is 1.41 bits per heavy atom. The van der Waals surface area contributed by atoms with E-state index in [1.807, 2.05) is 0 Å². The summed E-state index contributed by atoms with van der Waals surface area (Å²) in [5.74, 6) is 0. The average Bonchev–Trinajstić information content (AvgIpc) is 3.70. The van der Waals surface area contributed by atoms with Crippen LogP contribution in [0.4, 0.5) is 17.1 Å². The molecule has 1 atom stereocenters. The number of benzene rings is 11. The maximum absolute atomic E-state index is 2.41. The molecule has 0 bridgehead atoms. The molecule has 12 rings (SSSR count). The van der Waals surface area contributed by atoms with Crippen LogP contribution >= 0.6 is 0 Å². The zero-order valence-corrected chi connectivity index (χ0v) is 36.9. The van der Waals surface area contributed by atoms with Gasteiger partial charge in [0.25, 0.3) is 0 Å². The second kappa shape index (κ2) is 16.4. The van der Waals surface area contributed by atoms with Crippen molar-refractivity contribution in [1.82, 2.24) is 0 Å². The first-order chi connectivity index (χ1) is 32.7. The average molecular weight is 842 g/mol. The van der Waals surface area contributed by atoms with Crippen LogP contribution < -0.4 is 4.90 Å². The van der Waals surface area contributed by atoms with Crippen molar-refractivity contribution >= 4 is 38.6 Å². The van der Waals surface area contributed by atoms with Crippen molar-refractivity contribution in [2.45, 2.75) is 18.8 Å². The first-order valence-corrected chi connectivity index (χ1v) is 23.1. The summed E-state index contributed by atoms with van der Waals surface area (Å²) in [4.78, 5) is 2.41. The summed E-state index contributed by atoms with van der Waals surface area (Å²) < 4.78 is 0. The molecule has 1 nitrogen and oxygen atoms in total. The van der Waals surface area contributed by atoms with Gasteiger partial charge >= 0.3 is 0 Å². The van der Waals surface area contributed by atoms with Crippen LogP contribution in [0.25, 0.3) is 77.2 Å². The number of nitrogens with zero attached hydrogens (tertiary/aromatic N) is 1. The van der Waals surface area contributed by atoms with Crippen LogP contribution in [0.1, 0.15) is 30.0 Å². The van der Waals surface area contributed by atoms with Gasteiger partial charge in [0.15, 0.2) is 0 Å². The molecule has 0 amide bonds. The Morgan fingerprint density at radius 1 is 0.318 bits per heavy atom. The van der Waals surface area contributed by atoms with E-state index < -0.39 is 0 Å². The standard InChI is InChI=1S/C65H47N/c1-2-65(52-38-32-46(33-39-52)45-16-4-3-5-17-45)62-30-11-10-26-61(62)64-60(29-15-31-63(64)65)51-22-12-23-55(44-51)66(53-40-34-49(35-41-53)58-27-13-20-47-18-6-8-24-56(47)58)54-42-36-50(37-43-54)59-28-14-21-48-19-7-9-25-57(48)59/h3-44H,2H2,1H3. The quantitative estimate of drug-likeness (QED) is 0.140. The van der Waals surface area contributed by atoms with E-state index in [1.54, 1.807) is 0 Å². The highest BCUT2D eigenvalue weighted by molar-refractivity contribution is 5.99. The van der Waals surface area contributed by atoms with Crippen molar-refractivity contribution in [3.05, 3.63) is 271 Å². The number of hydrogen-bond donors (Lipinski definition) is 0. The minimum absolute atomic E-state index is 0.279. The molecule has 0 radical (unpaired) electrons. The second-order valence-corrected chi connectivity index (χ2v) is 17.5. The number of anilines is 3. The Morgan fingerprint density at radius 2 is 0.773 bits per heavy atom. The van der Waals surface area contributed by atoms with Crippen LogP contribution in [0.15, 0.2) is 255 Å². The third-order valence-corrected chi connectivity index (χ3v) is 14.1. The fourth-order valence-electron chi connectivity index (χ4n) is 10.9. The molecule has 1 aliphatic carbocycles. The van der Waals surface area contributed by atoms with Crippen LogP contribution in [0.2, 0.25) is 0 Å². The van der Waals surface area contributed by atoms with Gasteiger partial charge in [0.05, 0.1) is 0 Å². The predicted molar refractivity (Wildman–Crippen MR) is 280 cm³/mol. The van der Waals surface area contributed by atoms with Gasteiger partial charge in [-0.05, 0) is 137 Å². The molecule has 11 aromatic rings. The summed E-state index contributed by atoms with van der Waals surface area (Å²) in [5.41, 5.74) is 19.5. The molecule has 66 heavy (non-hydrogen) atoms. The van der Waals surface area contributed by atoms with Gasteiger partial charge in [-0.15, -0.1) is 0 Å². The Kier molecular flexibility index (Phi) is 9.76. The second-order valence-electron chi connectivity index (χ2n) is 17.5. The largest absolute Gasteiger partial charge is 0.310 e. The third kappa shape index (κ3) is 6.55. The molecule has 0 aromatic heterocycles. The van der Waals surface area contributed by atoms with Crippen molar-refractivity contribution in [2.24, 2.45) is 0 Å². The van der Waals surface area contributed by atoms with E-state index in [1.165, 1.54) is 93.9 Å². The van der Waals surface area contributed by atoms with Crippen LogP contribution in [-0.4, -0.2) is 0 Å². The lowest BCUT2D eigenvalue weighted by Gasteiger charge is -2.32. The highest BCUT2D eigenvalue weighted by Gasteiger charge is 2.44. The number of hydrogen-bond acceptors (Lipinski definition) is 1. The molecule has 0 saturated heterocycles. The van der Waals surface area contributed by atoms with Gasteiger partial charge in [0.2, 0.25) is 0 Å². The van der Waals surface area contributed by atoms with E-state index in [2.05, 4.69) is 267 Å². The summed E-state index contributed by atoms with van der Waals surface area (Å²) in [6.07, 6.45) is 0.947. The summed E-state index contributed by atoms with van der Waals surface area (Å²) >= 11 is 0. The summed E-state index contributed by atoms with van der Waals surface area (Å²) in [6.45, 7) is 2.35. The van der Waals surface area contributed by atoms with E-state index in [9.17, 15) is 0 Å². The first-order valence-electron chi connectivity index (χ1n) is 23.1. The highest BCUT2D eigenvalue weighted by Crippen LogP contribution is 2.57. The Balaban J connectivity index is 0.982. The molecular weight excluding hydrogens is 795 g/mol. The van der Waals surface area contributed by atoms with Crippen LogP contribution in [0.5, 0.6) is 0 Å². The summed E-state index contributed by atoms with van der Waals surface area (Å²) in [6, 6.07) is 93.9. The molecule has 1 aliphatic rings. The maximum Gasteiger partial charge on any atom is 0.0467 e. The topological polar surface area (TPSA) is 3.24 Å². The van der Waals surface area contributed by atoms with Crippen LogP contribution in [-0.2, 0) is 5.41 Å². The fourth-order valence-corrected chi connectivity index (χ4v) is 10.9. The van der Waals surface area contributed by atoms with Crippen LogP contribution in [0.3, 0.4) is 0 Å². The molecule has 0 spiro atoms. The highest BCUT2D eigenvalue weighted by atomic mass is 15.1. The van der Waals surface area contributed by atoms with Crippen molar-refractivity contribution in [3.8, 4) is 55.6 Å². The molecule has 1 unspecified atom stereocenters. The monoisotopic (exact) mass is 841 g/mol. The molecule has 11 aromatic carbocycles. The van der Waals surface area contributed by atoms with Crippen molar-refractivity contribution in [2.75, 3.05) is 4.90 Å². The van der Waals surface area contributed by atoms with Gasteiger partial charge in [-0.25, -0.2) is 0 Å². The van der Waals surface area contributed by atoms with Gasteiger partial charge in [0, 0.05) is 22.5 Å². The van der Waals surface area contributed by atoms with E-state index in [-0.39, 0.29) is 5.41 Å². The van der Waals surface area contributed by atoms with Crippen molar-refractivity contribution in [1.29, 1.82) is 0 Å². The molecule has 0 heterocycles. The minimum atomic E-state index is -0.279. The minimum Gasteiger partial charge on any atom is -0.310 e. The summed E-state index contributed by atoms with van der Waals surface area (Å²) in [5, 5.41) is 5.01. The molecule has 312 valence electrons. The van der Waals surface area contributed by atoms with Crippen LogP contribution in [0, 0.1) is 0 Å². The zero-order valence-electron chi connectivity index (χ0n) is 36.9. The first kappa shape index (κ1) is 39.3. The molecular formula is C65H47N. The molecule has 0 N–H and O–H groups in total. The molecule has 0 saturated carbocycles. The normalized spacial score (nSPS) is 14.0. The van der Waals surface area contributed by atoms with Gasteiger partial charge in [-0.3, -0.25) is 0 Å². The van der Waals surface area contributed by atoms with E-state index in [4.69, 9.17) is 0 Å². The number of fused-ring (bicyclic) bond motifs is 5. The van der Waals surface area contributed by atoms with Gasteiger partial charge in [0.1, 0.15) is 0 Å². The van der Waals surface area contributed by atoms with E-state index >= 15 is 0 Å². The van der Waals surface area contributed by atoms with Gasteiger partial charge in [-0.1, -0.05) is 225 Å². The smallest absolute Gasteiger partial charge is 0.0467 e. The zero-order chi connectivity index (χ0) is 44.0. The van der Waals surface area contributed by atoms with E-state index in [0.29, 0.717) is 0 Å². The lowest BCUT2D eigenvalue weighted by atomic mass is 9.70. The third-order valence-electron chi connectivity index (χ3n) is 14.1.